The van der Waals surface area contributed by atoms with E-state index in [-0.39, 0.29) is 23.3 Å². The highest BCUT2D eigenvalue weighted by Gasteiger charge is 2.64. The Hall–Kier alpha value is -3.21. The summed E-state index contributed by atoms with van der Waals surface area (Å²) in [4.78, 5) is 41.4. The summed E-state index contributed by atoms with van der Waals surface area (Å²) in [5.74, 6) is -6.39. The first-order chi connectivity index (χ1) is 16.7. The van der Waals surface area contributed by atoms with Crippen LogP contribution in [0.2, 0.25) is 0 Å². The van der Waals surface area contributed by atoms with Gasteiger partial charge in [-0.1, -0.05) is 12.1 Å². The van der Waals surface area contributed by atoms with Crippen molar-refractivity contribution in [2.45, 2.75) is 37.3 Å². The van der Waals surface area contributed by atoms with Crippen LogP contribution in [0.3, 0.4) is 0 Å². The van der Waals surface area contributed by atoms with Crippen LogP contribution < -0.4 is 5.73 Å². The molecular formula is C25H28N2O8. The first-order valence-corrected chi connectivity index (χ1v) is 11.8. The largest absolute Gasteiger partial charge is 0.508 e. The molecule has 1 aromatic rings. The monoisotopic (exact) mass is 484 g/mol. The number of carbonyl (C=O) groups is 3. The zero-order valence-corrected chi connectivity index (χ0v) is 19.1. The second-order valence-corrected chi connectivity index (χ2v) is 9.66. The van der Waals surface area contributed by atoms with Gasteiger partial charge in [-0.15, -0.1) is 0 Å². The number of aliphatic hydroxyl groups excluding tert-OH is 2. The third-order valence-electron chi connectivity index (χ3n) is 7.80. The number of aromatic hydroxyl groups is 1. The van der Waals surface area contributed by atoms with Crippen molar-refractivity contribution in [2.75, 3.05) is 26.3 Å². The molecule has 1 aliphatic heterocycles. The Balaban J connectivity index is 1.68. The van der Waals surface area contributed by atoms with E-state index in [0.717, 1.165) is 6.42 Å². The van der Waals surface area contributed by atoms with Gasteiger partial charge < -0.3 is 30.9 Å². The van der Waals surface area contributed by atoms with Crippen molar-refractivity contribution in [3.05, 3.63) is 46.2 Å². The smallest absolute Gasteiger partial charge is 0.255 e. The number of hydrogen-bond acceptors (Lipinski definition) is 9. The summed E-state index contributed by atoms with van der Waals surface area (Å²) in [6, 6.07) is 3.66. The van der Waals surface area contributed by atoms with Crippen molar-refractivity contribution in [2.24, 2.45) is 17.6 Å². The normalized spacial score (nSPS) is 31.9. The van der Waals surface area contributed by atoms with Gasteiger partial charge in [0.1, 0.15) is 22.8 Å². The number of benzene rings is 1. The van der Waals surface area contributed by atoms with Crippen molar-refractivity contribution in [1.29, 1.82) is 0 Å². The van der Waals surface area contributed by atoms with Gasteiger partial charge in [0, 0.05) is 24.6 Å². The van der Waals surface area contributed by atoms with E-state index in [1.54, 1.807) is 17.0 Å². The van der Waals surface area contributed by atoms with Gasteiger partial charge >= 0.3 is 0 Å². The number of hydrogen-bond donors (Lipinski definition) is 5. The number of ketones is 2. The molecule has 1 saturated heterocycles. The lowest BCUT2D eigenvalue weighted by molar-refractivity contribution is -0.155. The van der Waals surface area contributed by atoms with Gasteiger partial charge in [-0.2, -0.15) is 0 Å². The summed E-state index contributed by atoms with van der Waals surface area (Å²) in [5, 5.41) is 44.1. The van der Waals surface area contributed by atoms with Gasteiger partial charge in [-0.05, 0) is 49.8 Å². The number of primary amides is 1. The Morgan fingerprint density at radius 3 is 2.63 bits per heavy atom. The van der Waals surface area contributed by atoms with Gasteiger partial charge in [0.2, 0.25) is 5.78 Å². The topological polar surface area (TPSA) is 171 Å². The fourth-order valence-electron chi connectivity index (χ4n) is 6.20. The lowest BCUT2D eigenvalue weighted by atomic mass is 9.57. The summed E-state index contributed by atoms with van der Waals surface area (Å²) in [6.07, 6.45) is 1.84. The SMILES string of the molecule is NC(=O)C1=C(O)[C@@]2(O)C(=O)C3=C(O)c4c(O)cccc4C[C@H]3C[C@H]2[C@@H](N2CCCCOCC2)C1=O. The molecule has 0 aromatic heterocycles. The van der Waals surface area contributed by atoms with Crippen LogP contribution in [0.25, 0.3) is 5.76 Å². The molecule has 186 valence electrons. The summed E-state index contributed by atoms with van der Waals surface area (Å²) in [6.45, 7) is 1.72. The molecule has 1 heterocycles. The maximum Gasteiger partial charge on any atom is 0.255 e. The predicted molar refractivity (Wildman–Crippen MR) is 122 cm³/mol. The molecule has 1 aromatic carbocycles. The molecule has 0 unspecified atom stereocenters. The molecule has 5 rings (SSSR count). The molecule has 6 N–H and O–H groups in total. The minimum atomic E-state index is -2.63. The second kappa shape index (κ2) is 8.47. The molecular weight excluding hydrogens is 456 g/mol. The van der Waals surface area contributed by atoms with E-state index in [4.69, 9.17) is 10.5 Å². The number of Topliss-reactive ketones (excluding diaryl/α,β-unsaturated/α-hetero) is 2. The molecule has 3 aliphatic carbocycles. The zero-order chi connectivity index (χ0) is 25.1. The average Bonchev–Trinajstić information content (AvgIpc) is 2.77. The number of rotatable bonds is 2. The Bertz CT molecular complexity index is 1180. The lowest BCUT2D eigenvalue weighted by Crippen LogP contribution is -2.67. The molecule has 1 amide bonds. The molecule has 10 nitrogen and oxygen atoms in total. The first kappa shape index (κ1) is 23.5. The van der Waals surface area contributed by atoms with E-state index in [2.05, 4.69) is 0 Å². The molecule has 0 spiro atoms. The van der Waals surface area contributed by atoms with E-state index in [0.29, 0.717) is 44.7 Å². The molecule has 4 aliphatic rings. The standard InChI is InChI=1S/C25H28N2O8/c26-24(33)18-21(30)19(27-6-1-2-8-35-9-7-27)14-11-13-10-12-4-3-5-15(28)16(12)20(29)17(13)22(31)25(14,34)23(18)32/h3-5,13-14,19,28-29,32,34H,1-2,6-11H2,(H2,26,33)/t13-,14-,19+,25-/m0/s1. The number of amides is 1. The molecule has 1 saturated carbocycles. The van der Waals surface area contributed by atoms with E-state index in [9.17, 15) is 34.8 Å². The van der Waals surface area contributed by atoms with E-state index >= 15 is 0 Å². The highest BCUT2D eigenvalue weighted by Crippen LogP contribution is 2.52. The number of nitrogens with two attached hydrogens (primary N) is 1. The maximum absolute atomic E-state index is 13.8. The Labute approximate surface area is 201 Å². The van der Waals surface area contributed by atoms with Crippen LogP contribution in [0, 0.1) is 11.8 Å². The number of phenolic OH excluding ortho intramolecular Hbond substituents is 1. The zero-order valence-electron chi connectivity index (χ0n) is 19.1. The van der Waals surface area contributed by atoms with Gasteiger partial charge in [0.05, 0.1) is 18.2 Å². The van der Waals surface area contributed by atoms with E-state index in [1.165, 1.54) is 6.07 Å². The van der Waals surface area contributed by atoms with Gasteiger partial charge in [0.15, 0.2) is 11.4 Å². The van der Waals surface area contributed by atoms with Gasteiger partial charge in [-0.3, -0.25) is 19.3 Å². The fourth-order valence-corrected chi connectivity index (χ4v) is 6.20. The van der Waals surface area contributed by atoms with Crippen molar-refractivity contribution in [3.63, 3.8) is 0 Å². The van der Waals surface area contributed by atoms with Crippen molar-refractivity contribution in [3.8, 4) is 5.75 Å². The predicted octanol–water partition coefficient (Wildman–Crippen LogP) is 0.515. The van der Waals surface area contributed by atoms with Crippen molar-refractivity contribution >= 4 is 23.2 Å². The summed E-state index contributed by atoms with van der Waals surface area (Å²) < 4.78 is 5.56. The number of ether oxygens (including phenoxy) is 1. The van der Waals surface area contributed by atoms with Crippen molar-refractivity contribution in [1.82, 2.24) is 4.90 Å². The minimum Gasteiger partial charge on any atom is -0.508 e. The third-order valence-corrected chi connectivity index (χ3v) is 7.80. The fraction of sp³-hybridized carbons (Fsp3) is 0.480. The highest BCUT2D eigenvalue weighted by molar-refractivity contribution is 6.24. The van der Waals surface area contributed by atoms with Crippen LogP contribution in [-0.2, 0) is 25.5 Å². The second-order valence-electron chi connectivity index (χ2n) is 9.66. The quantitative estimate of drug-likeness (QED) is 0.375. The van der Waals surface area contributed by atoms with Crippen LogP contribution in [0.5, 0.6) is 5.75 Å². The Morgan fingerprint density at radius 1 is 1.11 bits per heavy atom. The minimum absolute atomic E-state index is 0.0839. The van der Waals surface area contributed by atoms with E-state index in [1.807, 2.05) is 0 Å². The molecule has 0 bridgehead atoms. The van der Waals surface area contributed by atoms with Crippen LogP contribution >= 0.6 is 0 Å². The average molecular weight is 485 g/mol. The Kier molecular flexibility index (Phi) is 5.70. The van der Waals surface area contributed by atoms with Crippen LogP contribution in [0.15, 0.2) is 35.1 Å². The number of phenols is 1. The number of aliphatic hydroxyl groups is 3. The molecule has 4 atom stereocenters. The molecule has 10 heteroatoms. The van der Waals surface area contributed by atoms with Crippen molar-refractivity contribution < 1.29 is 39.5 Å². The highest BCUT2D eigenvalue weighted by atomic mass is 16.5. The van der Waals surface area contributed by atoms with Gasteiger partial charge in [-0.25, -0.2) is 0 Å². The lowest BCUT2D eigenvalue weighted by Gasteiger charge is -2.51. The van der Waals surface area contributed by atoms with Crippen LogP contribution in [-0.4, -0.2) is 80.7 Å². The van der Waals surface area contributed by atoms with Crippen LogP contribution in [0.4, 0.5) is 0 Å². The molecule has 2 fully saturated rings. The Morgan fingerprint density at radius 2 is 1.89 bits per heavy atom. The summed E-state index contributed by atoms with van der Waals surface area (Å²) in [5.41, 5.74) is 2.58. The van der Waals surface area contributed by atoms with Gasteiger partial charge in [0.25, 0.3) is 5.91 Å². The van der Waals surface area contributed by atoms with E-state index < -0.39 is 58.0 Å². The first-order valence-electron chi connectivity index (χ1n) is 11.8. The summed E-state index contributed by atoms with van der Waals surface area (Å²) >= 11 is 0. The van der Waals surface area contributed by atoms with Crippen LogP contribution in [0.1, 0.15) is 30.4 Å². The molecule has 35 heavy (non-hydrogen) atoms. The third kappa shape index (κ3) is 3.39. The summed E-state index contributed by atoms with van der Waals surface area (Å²) in [7, 11) is 0. The molecule has 0 radical (unpaired) electrons. The number of nitrogens with zero attached hydrogens (tertiary/aromatic N) is 1. The number of carbonyl (C=O) groups excluding carboxylic acids is 3. The number of fused-ring (bicyclic) bond motifs is 3. The maximum atomic E-state index is 13.8.